The van der Waals surface area contributed by atoms with Crippen LogP contribution in [-0.4, -0.2) is 6.61 Å². The second-order valence-corrected chi connectivity index (χ2v) is 6.00. The lowest BCUT2D eigenvalue weighted by Gasteiger charge is -2.10. The molecule has 0 aliphatic carbocycles. The van der Waals surface area contributed by atoms with Gasteiger partial charge in [0, 0.05) is 15.9 Å². The van der Waals surface area contributed by atoms with Gasteiger partial charge < -0.3 is 13.9 Å². The normalized spacial score (nSPS) is 11.8. The highest BCUT2D eigenvalue weighted by atomic mass is 16.5. The van der Waals surface area contributed by atoms with Crippen LogP contribution in [0.15, 0.2) is 52.0 Å². The van der Waals surface area contributed by atoms with Crippen LogP contribution in [0.1, 0.15) is 36.8 Å². The van der Waals surface area contributed by atoms with E-state index >= 15 is 0 Å². The molecular formula is C20H21N3O3. The van der Waals surface area contributed by atoms with Crippen molar-refractivity contribution >= 4 is 11.0 Å². The molecule has 2 aromatic carbocycles. The third-order valence-electron chi connectivity index (χ3n) is 4.17. The average Bonchev–Trinajstić information content (AvgIpc) is 3.08. The molecule has 0 fully saturated rings. The van der Waals surface area contributed by atoms with Crippen molar-refractivity contribution in [3.05, 3.63) is 69.8 Å². The maximum atomic E-state index is 8.59. The molecule has 0 bridgehead atoms. The Morgan fingerprint density at radius 2 is 1.92 bits per heavy atom. The molecule has 1 aromatic heterocycles. The minimum atomic E-state index is -0.347. The molecule has 6 heteroatoms. The molecule has 1 heterocycles. The Hall–Kier alpha value is -3.11. The lowest BCUT2D eigenvalue weighted by Crippen LogP contribution is -1.97. The second kappa shape index (κ2) is 7.85. The molecule has 0 radical (unpaired) electrons. The molecule has 0 saturated heterocycles. The van der Waals surface area contributed by atoms with Crippen molar-refractivity contribution in [1.29, 1.82) is 0 Å². The number of azide groups is 1. The van der Waals surface area contributed by atoms with Gasteiger partial charge in [0.15, 0.2) is 0 Å². The van der Waals surface area contributed by atoms with E-state index in [1.807, 2.05) is 56.3 Å². The molecule has 6 nitrogen and oxygen atoms in total. The maximum absolute atomic E-state index is 8.59. The van der Waals surface area contributed by atoms with E-state index in [9.17, 15) is 0 Å². The van der Waals surface area contributed by atoms with Crippen LogP contribution >= 0.6 is 0 Å². The molecule has 1 atom stereocenters. The second-order valence-electron chi connectivity index (χ2n) is 6.00. The summed E-state index contributed by atoms with van der Waals surface area (Å²) < 4.78 is 17.3. The van der Waals surface area contributed by atoms with E-state index in [0.717, 1.165) is 33.6 Å². The van der Waals surface area contributed by atoms with Gasteiger partial charge >= 0.3 is 0 Å². The number of ether oxygens (including phenoxy) is 2. The van der Waals surface area contributed by atoms with Crippen molar-refractivity contribution in [2.24, 2.45) is 5.11 Å². The first-order chi connectivity index (χ1) is 12.6. The summed E-state index contributed by atoms with van der Waals surface area (Å²) in [5.41, 5.74) is 11.3. The fourth-order valence-corrected chi connectivity index (χ4v) is 2.75. The predicted octanol–water partition coefficient (Wildman–Crippen LogP) is 6.09. The number of benzene rings is 2. The zero-order valence-corrected chi connectivity index (χ0v) is 15.1. The Balaban J connectivity index is 1.77. The van der Waals surface area contributed by atoms with Crippen LogP contribution in [0.3, 0.4) is 0 Å². The van der Waals surface area contributed by atoms with Crippen molar-refractivity contribution < 1.29 is 13.9 Å². The van der Waals surface area contributed by atoms with Crippen molar-refractivity contribution in [2.45, 2.75) is 33.4 Å². The molecule has 3 rings (SSSR count). The quantitative estimate of drug-likeness (QED) is 0.293. The molecule has 3 aromatic rings. The molecular weight excluding hydrogens is 330 g/mol. The molecule has 0 saturated carbocycles. The summed E-state index contributed by atoms with van der Waals surface area (Å²) in [5, 5.41) is 4.65. The van der Waals surface area contributed by atoms with E-state index in [4.69, 9.17) is 19.4 Å². The number of furan rings is 1. The summed E-state index contributed by atoms with van der Waals surface area (Å²) in [6.07, 6.45) is 0. The number of hydrogen-bond acceptors (Lipinski definition) is 4. The zero-order valence-electron chi connectivity index (χ0n) is 15.1. The highest BCUT2D eigenvalue weighted by Crippen LogP contribution is 2.33. The largest absolute Gasteiger partial charge is 0.494 e. The van der Waals surface area contributed by atoms with Crippen LogP contribution < -0.4 is 9.47 Å². The van der Waals surface area contributed by atoms with Crippen LogP contribution in [0, 0.1) is 6.92 Å². The van der Waals surface area contributed by atoms with Crippen LogP contribution in [0.5, 0.6) is 11.5 Å². The lowest BCUT2D eigenvalue weighted by atomic mass is 10.1. The first-order valence-corrected chi connectivity index (χ1v) is 8.54. The molecule has 134 valence electrons. The van der Waals surface area contributed by atoms with Gasteiger partial charge in [0.1, 0.15) is 29.4 Å². The molecule has 0 aliphatic heterocycles. The molecule has 0 aliphatic rings. The van der Waals surface area contributed by atoms with E-state index in [-0.39, 0.29) is 6.04 Å². The van der Waals surface area contributed by atoms with Crippen molar-refractivity contribution in [3.8, 4) is 11.5 Å². The fourth-order valence-electron chi connectivity index (χ4n) is 2.75. The van der Waals surface area contributed by atoms with Gasteiger partial charge in [0.2, 0.25) is 0 Å². The smallest absolute Gasteiger partial charge is 0.140 e. The minimum Gasteiger partial charge on any atom is -0.494 e. The van der Waals surface area contributed by atoms with Crippen LogP contribution in [0.2, 0.25) is 0 Å². The lowest BCUT2D eigenvalue weighted by molar-refractivity contribution is 0.303. The van der Waals surface area contributed by atoms with E-state index in [1.165, 1.54) is 0 Å². The van der Waals surface area contributed by atoms with Crippen molar-refractivity contribution in [1.82, 2.24) is 0 Å². The Morgan fingerprint density at radius 3 is 2.62 bits per heavy atom. The summed E-state index contributed by atoms with van der Waals surface area (Å²) in [5.74, 6) is 2.26. The van der Waals surface area contributed by atoms with Crippen LogP contribution in [0.4, 0.5) is 0 Å². The Morgan fingerprint density at radius 1 is 1.15 bits per heavy atom. The van der Waals surface area contributed by atoms with Crippen LogP contribution in [0.25, 0.3) is 21.4 Å². The average molecular weight is 351 g/mol. The number of hydrogen-bond donors (Lipinski definition) is 0. The fraction of sp³-hybridized carbons (Fsp3) is 0.300. The van der Waals surface area contributed by atoms with Gasteiger partial charge in [-0.15, -0.1) is 0 Å². The third-order valence-corrected chi connectivity index (χ3v) is 4.17. The topological polar surface area (TPSA) is 80.4 Å². The molecule has 0 amide bonds. The van der Waals surface area contributed by atoms with Crippen molar-refractivity contribution in [2.75, 3.05) is 6.61 Å². The Bertz CT molecular complexity index is 941. The number of fused-ring (bicyclic) bond motifs is 1. The monoisotopic (exact) mass is 351 g/mol. The third kappa shape index (κ3) is 3.76. The van der Waals surface area contributed by atoms with Gasteiger partial charge in [-0.05, 0) is 62.2 Å². The summed E-state index contributed by atoms with van der Waals surface area (Å²) >= 11 is 0. The van der Waals surface area contributed by atoms with Gasteiger partial charge in [0.25, 0.3) is 0 Å². The predicted molar refractivity (Wildman–Crippen MR) is 100 cm³/mol. The molecule has 0 spiro atoms. The standard InChI is InChI=1S/C20H21N3O3/c1-4-24-17-8-5-15(6-9-17)12-25-18-10-7-16-11-19(14(3)22-23-21)26-20(16)13(18)2/h5-11,14H,4,12H2,1-3H3. The first-order valence-electron chi connectivity index (χ1n) is 8.54. The van der Waals surface area contributed by atoms with Gasteiger partial charge in [-0.1, -0.05) is 17.2 Å². The van der Waals surface area contributed by atoms with Crippen molar-refractivity contribution in [3.63, 3.8) is 0 Å². The van der Waals surface area contributed by atoms with Gasteiger partial charge in [-0.2, -0.15) is 0 Å². The highest BCUT2D eigenvalue weighted by Gasteiger charge is 2.14. The highest BCUT2D eigenvalue weighted by molar-refractivity contribution is 5.83. The van der Waals surface area contributed by atoms with Crippen LogP contribution in [-0.2, 0) is 6.61 Å². The van der Waals surface area contributed by atoms with Gasteiger partial charge in [-0.3, -0.25) is 0 Å². The molecule has 0 N–H and O–H groups in total. The van der Waals surface area contributed by atoms with E-state index in [0.29, 0.717) is 19.0 Å². The molecule has 1 unspecified atom stereocenters. The minimum absolute atomic E-state index is 0.347. The SMILES string of the molecule is CCOc1ccc(COc2ccc3cc(C(C)N=[N+]=[N-])oc3c2C)cc1. The number of rotatable bonds is 7. The number of aryl methyl sites for hydroxylation is 1. The maximum Gasteiger partial charge on any atom is 0.140 e. The Labute approximate surface area is 152 Å². The zero-order chi connectivity index (χ0) is 18.5. The summed E-state index contributed by atoms with van der Waals surface area (Å²) in [4.78, 5) is 2.83. The van der Waals surface area contributed by atoms with E-state index in [1.54, 1.807) is 6.92 Å². The first kappa shape index (κ1) is 17.7. The Kier molecular flexibility index (Phi) is 5.34. The summed E-state index contributed by atoms with van der Waals surface area (Å²) in [7, 11) is 0. The summed E-state index contributed by atoms with van der Waals surface area (Å²) in [6.45, 7) is 6.83. The summed E-state index contributed by atoms with van der Waals surface area (Å²) in [6, 6.07) is 13.3. The number of nitrogens with zero attached hydrogens (tertiary/aromatic N) is 3. The van der Waals surface area contributed by atoms with E-state index < -0.39 is 0 Å². The van der Waals surface area contributed by atoms with Gasteiger partial charge in [0.05, 0.1) is 12.6 Å². The van der Waals surface area contributed by atoms with E-state index in [2.05, 4.69) is 10.0 Å². The van der Waals surface area contributed by atoms with Gasteiger partial charge in [-0.25, -0.2) is 0 Å². The molecule has 26 heavy (non-hydrogen) atoms.